The number of hydrogen-bond donors (Lipinski definition) is 1. The van der Waals surface area contributed by atoms with Crippen molar-refractivity contribution in [3.63, 3.8) is 0 Å². The SMILES string of the molecule is COc1ccc(C2/C(=C(\O)c3cc(C)c(OC)cc3C)C(=O)C(=O)N2Cc2ccc3c(c2)OCO3)cc1. The smallest absolute Gasteiger partial charge is 0.295 e. The standard InChI is InChI=1S/C29H27NO7/c1-16-12-23(35-4)17(2)11-21(16)27(31)25-26(19-6-8-20(34-3)9-7-19)30(29(33)28(25)32)14-18-5-10-22-24(13-18)37-15-36-22/h5-13,26,31H,14-15H2,1-4H3/b27-25+. The molecule has 1 atom stereocenters. The molecule has 190 valence electrons. The minimum absolute atomic E-state index is 0.0311. The Kier molecular flexibility index (Phi) is 6.25. The zero-order valence-corrected chi connectivity index (χ0v) is 21.0. The van der Waals surface area contributed by atoms with E-state index in [1.54, 1.807) is 62.8 Å². The highest BCUT2D eigenvalue weighted by atomic mass is 16.7. The third-order valence-corrected chi connectivity index (χ3v) is 6.76. The maximum atomic E-state index is 13.4. The van der Waals surface area contributed by atoms with Crippen molar-refractivity contribution in [2.75, 3.05) is 21.0 Å². The molecular weight excluding hydrogens is 474 g/mol. The minimum atomic E-state index is -0.807. The van der Waals surface area contributed by atoms with Gasteiger partial charge in [-0.15, -0.1) is 0 Å². The molecule has 1 fully saturated rings. The van der Waals surface area contributed by atoms with Gasteiger partial charge in [-0.05, 0) is 72.5 Å². The number of aliphatic hydroxyl groups is 1. The normalized spacial score (nSPS) is 17.8. The molecule has 0 aliphatic carbocycles. The van der Waals surface area contributed by atoms with E-state index in [0.29, 0.717) is 34.1 Å². The molecule has 3 aromatic carbocycles. The zero-order valence-electron chi connectivity index (χ0n) is 21.0. The molecular formula is C29H27NO7. The summed E-state index contributed by atoms with van der Waals surface area (Å²) < 4.78 is 21.6. The third kappa shape index (κ3) is 4.24. The van der Waals surface area contributed by atoms with E-state index in [2.05, 4.69) is 0 Å². The molecule has 0 bridgehead atoms. The maximum absolute atomic E-state index is 13.4. The Bertz CT molecular complexity index is 1420. The number of aryl methyl sites for hydroxylation is 2. The van der Waals surface area contributed by atoms with Gasteiger partial charge in [0.15, 0.2) is 11.5 Å². The number of Topliss-reactive ketones (excluding diaryl/α,β-unsaturated/α-hetero) is 1. The number of fused-ring (bicyclic) bond motifs is 1. The van der Waals surface area contributed by atoms with Crippen LogP contribution in [0.15, 0.2) is 60.2 Å². The predicted octanol–water partition coefficient (Wildman–Crippen LogP) is 4.67. The van der Waals surface area contributed by atoms with Crippen molar-refractivity contribution >= 4 is 17.4 Å². The van der Waals surface area contributed by atoms with E-state index in [1.807, 2.05) is 19.9 Å². The Morgan fingerprint density at radius 3 is 2.38 bits per heavy atom. The number of aliphatic hydroxyl groups excluding tert-OH is 1. The number of rotatable bonds is 6. The molecule has 2 aliphatic rings. The van der Waals surface area contributed by atoms with Crippen LogP contribution in [0, 0.1) is 13.8 Å². The Labute approximate surface area is 214 Å². The lowest BCUT2D eigenvalue weighted by Gasteiger charge is -2.26. The average molecular weight is 502 g/mol. The number of hydrogen-bond acceptors (Lipinski definition) is 7. The van der Waals surface area contributed by atoms with E-state index < -0.39 is 17.7 Å². The highest BCUT2D eigenvalue weighted by Crippen LogP contribution is 2.42. The van der Waals surface area contributed by atoms with Gasteiger partial charge in [-0.3, -0.25) is 9.59 Å². The van der Waals surface area contributed by atoms with E-state index in [0.717, 1.165) is 16.7 Å². The van der Waals surface area contributed by atoms with Gasteiger partial charge < -0.3 is 29.0 Å². The molecule has 1 N–H and O–H groups in total. The fourth-order valence-corrected chi connectivity index (χ4v) is 4.82. The molecule has 1 saturated heterocycles. The minimum Gasteiger partial charge on any atom is -0.507 e. The number of carbonyl (C=O) groups excluding carboxylic acids is 2. The highest BCUT2D eigenvalue weighted by Gasteiger charge is 2.46. The lowest BCUT2D eigenvalue weighted by atomic mass is 9.93. The monoisotopic (exact) mass is 501 g/mol. The molecule has 2 aliphatic heterocycles. The van der Waals surface area contributed by atoms with E-state index in [1.165, 1.54) is 4.90 Å². The van der Waals surface area contributed by atoms with Crippen LogP contribution in [0.2, 0.25) is 0 Å². The summed E-state index contributed by atoms with van der Waals surface area (Å²) in [5.41, 5.74) is 3.45. The summed E-state index contributed by atoms with van der Waals surface area (Å²) in [6.45, 7) is 3.95. The molecule has 37 heavy (non-hydrogen) atoms. The number of nitrogens with zero attached hydrogens (tertiary/aromatic N) is 1. The Balaban J connectivity index is 1.63. The summed E-state index contributed by atoms with van der Waals surface area (Å²) in [4.78, 5) is 28.3. The summed E-state index contributed by atoms with van der Waals surface area (Å²) >= 11 is 0. The molecule has 8 heteroatoms. The van der Waals surface area contributed by atoms with Crippen molar-refractivity contribution in [2.24, 2.45) is 0 Å². The van der Waals surface area contributed by atoms with Gasteiger partial charge >= 0.3 is 0 Å². The van der Waals surface area contributed by atoms with Gasteiger partial charge in [-0.2, -0.15) is 0 Å². The number of ether oxygens (including phenoxy) is 4. The first-order valence-electron chi connectivity index (χ1n) is 11.8. The van der Waals surface area contributed by atoms with Crippen LogP contribution in [0.5, 0.6) is 23.0 Å². The first kappa shape index (κ1) is 24.2. The number of amides is 1. The van der Waals surface area contributed by atoms with Crippen molar-refractivity contribution in [1.82, 2.24) is 4.90 Å². The van der Waals surface area contributed by atoms with Crippen molar-refractivity contribution in [3.8, 4) is 23.0 Å². The highest BCUT2D eigenvalue weighted by molar-refractivity contribution is 6.46. The molecule has 0 spiro atoms. The van der Waals surface area contributed by atoms with E-state index in [9.17, 15) is 14.7 Å². The lowest BCUT2D eigenvalue weighted by molar-refractivity contribution is -0.140. The second-order valence-electron chi connectivity index (χ2n) is 9.02. The van der Waals surface area contributed by atoms with Crippen LogP contribution >= 0.6 is 0 Å². The lowest BCUT2D eigenvalue weighted by Crippen LogP contribution is -2.29. The van der Waals surface area contributed by atoms with Crippen molar-refractivity contribution in [3.05, 3.63) is 88.0 Å². The largest absolute Gasteiger partial charge is 0.507 e. The fourth-order valence-electron chi connectivity index (χ4n) is 4.82. The average Bonchev–Trinajstić information content (AvgIpc) is 3.47. The van der Waals surface area contributed by atoms with Gasteiger partial charge in [0.1, 0.15) is 17.3 Å². The van der Waals surface area contributed by atoms with Gasteiger partial charge in [0.2, 0.25) is 6.79 Å². The molecule has 3 aromatic rings. The van der Waals surface area contributed by atoms with Crippen molar-refractivity contribution in [1.29, 1.82) is 0 Å². The maximum Gasteiger partial charge on any atom is 0.295 e. The first-order valence-corrected chi connectivity index (χ1v) is 11.8. The number of benzene rings is 3. The van der Waals surface area contributed by atoms with Crippen molar-refractivity contribution in [2.45, 2.75) is 26.4 Å². The Hall–Kier alpha value is -4.46. The summed E-state index contributed by atoms with van der Waals surface area (Å²) in [5.74, 6) is 0.856. The van der Waals surface area contributed by atoms with Crippen LogP contribution in [0.1, 0.15) is 33.9 Å². The summed E-state index contributed by atoms with van der Waals surface area (Å²) in [5, 5.41) is 11.5. The third-order valence-electron chi connectivity index (χ3n) is 6.76. The molecule has 5 rings (SSSR count). The zero-order chi connectivity index (χ0) is 26.3. The summed E-state index contributed by atoms with van der Waals surface area (Å²) in [6.07, 6.45) is 0. The van der Waals surface area contributed by atoms with Crippen LogP contribution in [0.25, 0.3) is 5.76 Å². The molecule has 8 nitrogen and oxygen atoms in total. The molecule has 1 amide bonds. The Morgan fingerprint density at radius 2 is 1.68 bits per heavy atom. The van der Waals surface area contributed by atoms with Crippen LogP contribution < -0.4 is 18.9 Å². The van der Waals surface area contributed by atoms with E-state index >= 15 is 0 Å². The second kappa shape index (κ2) is 9.54. The fraction of sp³-hybridized carbons (Fsp3) is 0.241. The summed E-state index contributed by atoms with van der Waals surface area (Å²) in [7, 11) is 3.14. The molecule has 2 heterocycles. The van der Waals surface area contributed by atoms with E-state index in [-0.39, 0.29) is 24.7 Å². The van der Waals surface area contributed by atoms with Crippen molar-refractivity contribution < 1.29 is 33.6 Å². The van der Waals surface area contributed by atoms with Crippen LogP contribution in [-0.4, -0.2) is 42.7 Å². The number of methoxy groups -OCH3 is 2. The van der Waals surface area contributed by atoms with Gasteiger partial charge in [0.05, 0.1) is 25.8 Å². The molecule has 0 aromatic heterocycles. The molecule has 0 radical (unpaired) electrons. The van der Waals surface area contributed by atoms with Gasteiger partial charge in [0, 0.05) is 12.1 Å². The van der Waals surface area contributed by atoms with Gasteiger partial charge in [-0.1, -0.05) is 18.2 Å². The number of carbonyl (C=O) groups is 2. The number of likely N-dealkylation sites (tertiary alicyclic amines) is 1. The van der Waals surface area contributed by atoms with Crippen LogP contribution in [0.3, 0.4) is 0 Å². The summed E-state index contributed by atoms with van der Waals surface area (Å²) in [6, 6.07) is 15.3. The first-order chi connectivity index (χ1) is 17.8. The van der Waals surface area contributed by atoms with Crippen LogP contribution in [-0.2, 0) is 16.1 Å². The molecule has 1 unspecified atom stereocenters. The second-order valence-corrected chi connectivity index (χ2v) is 9.02. The van der Waals surface area contributed by atoms with E-state index in [4.69, 9.17) is 18.9 Å². The van der Waals surface area contributed by atoms with Gasteiger partial charge in [0.25, 0.3) is 11.7 Å². The predicted molar refractivity (Wildman–Crippen MR) is 136 cm³/mol. The molecule has 0 saturated carbocycles. The number of ketones is 1. The van der Waals surface area contributed by atoms with Gasteiger partial charge in [-0.25, -0.2) is 0 Å². The Morgan fingerprint density at radius 1 is 0.946 bits per heavy atom. The topological polar surface area (TPSA) is 94.5 Å². The quantitative estimate of drug-likeness (QED) is 0.298. The van der Waals surface area contributed by atoms with Crippen LogP contribution in [0.4, 0.5) is 0 Å².